The van der Waals surface area contributed by atoms with Crippen LogP contribution in [0.5, 0.6) is 0 Å². The van der Waals surface area contributed by atoms with Gasteiger partial charge in [-0.25, -0.2) is 4.79 Å². The third kappa shape index (κ3) is 3.26. The van der Waals surface area contributed by atoms with Crippen molar-refractivity contribution >= 4 is 35.5 Å². The Morgan fingerprint density at radius 3 is 2.22 bits per heavy atom. The lowest BCUT2D eigenvalue weighted by molar-refractivity contribution is -0.134. The van der Waals surface area contributed by atoms with E-state index in [1.54, 1.807) is 11.6 Å². The maximum Gasteiger partial charge on any atom is 0.333 e. The number of benzene rings is 1. The summed E-state index contributed by atoms with van der Waals surface area (Å²) in [5.74, 6) is -1.25. The highest BCUT2D eigenvalue weighted by molar-refractivity contribution is 6.31. The number of rotatable bonds is 3. The Morgan fingerprint density at radius 1 is 1.04 bits per heavy atom. The number of aromatic nitrogens is 2. The number of hydrogen-bond donors (Lipinski definition) is 0. The van der Waals surface area contributed by atoms with E-state index in [9.17, 15) is 14.4 Å². The van der Waals surface area contributed by atoms with Crippen LogP contribution in [-0.2, 0) is 16.1 Å². The van der Waals surface area contributed by atoms with Gasteiger partial charge in [-0.3, -0.25) is 24.1 Å². The molecule has 1 aromatic carbocycles. The van der Waals surface area contributed by atoms with Gasteiger partial charge in [-0.05, 0) is 31.6 Å². The van der Waals surface area contributed by atoms with E-state index in [1.165, 1.54) is 20.2 Å². The number of imide groups is 2. The van der Waals surface area contributed by atoms with E-state index >= 15 is 0 Å². The molecule has 27 heavy (non-hydrogen) atoms. The van der Waals surface area contributed by atoms with Crippen LogP contribution < -0.4 is 0 Å². The molecule has 7 nitrogen and oxygen atoms in total. The fourth-order valence-corrected chi connectivity index (χ4v) is 3.18. The smallest absolute Gasteiger partial charge is 0.268 e. The summed E-state index contributed by atoms with van der Waals surface area (Å²) in [5, 5.41) is 5.15. The third-order valence-electron chi connectivity index (χ3n) is 4.65. The summed E-state index contributed by atoms with van der Waals surface area (Å²) in [6.07, 6.45) is 1.50. The van der Waals surface area contributed by atoms with Crippen molar-refractivity contribution in [1.29, 1.82) is 0 Å². The number of nitrogens with zero attached hydrogens (tertiary/aromatic N) is 4. The summed E-state index contributed by atoms with van der Waals surface area (Å²) in [6.45, 7) is 4.13. The van der Waals surface area contributed by atoms with Crippen molar-refractivity contribution in [2.24, 2.45) is 0 Å². The molecule has 1 aromatic heterocycles. The minimum absolute atomic E-state index is 0.0666. The molecule has 1 saturated heterocycles. The van der Waals surface area contributed by atoms with E-state index in [4.69, 9.17) is 11.6 Å². The molecular weight excluding hydrogens is 368 g/mol. The molecular formula is C19H19ClN4O3. The van der Waals surface area contributed by atoms with Gasteiger partial charge in [-0.2, -0.15) is 5.10 Å². The summed E-state index contributed by atoms with van der Waals surface area (Å²) >= 11 is 6.23. The zero-order valence-electron chi connectivity index (χ0n) is 15.5. The van der Waals surface area contributed by atoms with Gasteiger partial charge in [0, 0.05) is 30.4 Å². The first-order chi connectivity index (χ1) is 12.7. The van der Waals surface area contributed by atoms with Crippen LogP contribution >= 0.6 is 11.6 Å². The molecule has 4 amide bonds. The summed E-state index contributed by atoms with van der Waals surface area (Å²) in [6, 6.07) is 6.84. The van der Waals surface area contributed by atoms with Crippen LogP contribution in [0, 0.1) is 13.8 Å². The first kappa shape index (κ1) is 18.8. The molecule has 0 bridgehead atoms. The van der Waals surface area contributed by atoms with E-state index in [-0.39, 0.29) is 5.57 Å². The minimum atomic E-state index is -0.648. The van der Waals surface area contributed by atoms with Crippen molar-refractivity contribution in [3.05, 3.63) is 57.4 Å². The monoisotopic (exact) mass is 386 g/mol. The normalized spacial score (nSPS) is 15.0. The number of likely N-dealkylation sites (N-methyl/N-ethyl adjacent to an activating group) is 2. The summed E-state index contributed by atoms with van der Waals surface area (Å²) in [7, 11) is 2.70. The average Bonchev–Trinajstić information content (AvgIpc) is 2.90. The molecule has 8 heteroatoms. The Hall–Kier alpha value is -2.93. The molecule has 0 radical (unpaired) electrons. The summed E-state index contributed by atoms with van der Waals surface area (Å²) < 4.78 is 1.78. The Bertz CT molecular complexity index is 967. The molecule has 1 aliphatic heterocycles. The summed E-state index contributed by atoms with van der Waals surface area (Å²) in [4.78, 5) is 38.5. The first-order valence-electron chi connectivity index (χ1n) is 8.31. The number of amides is 4. The second-order valence-corrected chi connectivity index (χ2v) is 6.81. The molecule has 2 aromatic rings. The Kier molecular flexibility index (Phi) is 4.89. The first-order valence-corrected chi connectivity index (χ1v) is 8.69. The summed E-state index contributed by atoms with van der Waals surface area (Å²) in [5.41, 5.74) is 2.99. The quantitative estimate of drug-likeness (QED) is 0.600. The van der Waals surface area contributed by atoms with Crippen LogP contribution in [0.3, 0.4) is 0 Å². The van der Waals surface area contributed by atoms with Crippen molar-refractivity contribution < 1.29 is 14.4 Å². The second kappa shape index (κ2) is 7.00. The van der Waals surface area contributed by atoms with Gasteiger partial charge >= 0.3 is 6.03 Å². The SMILES string of the molecule is Cc1nn(Cc2ccccc2Cl)c(C)c1C=C1C(=O)N(C)C(=O)N(C)C1=O. The van der Waals surface area contributed by atoms with Gasteiger partial charge in [0.15, 0.2) is 0 Å². The molecule has 0 atom stereocenters. The number of hydrogen-bond acceptors (Lipinski definition) is 4. The number of urea groups is 1. The van der Waals surface area contributed by atoms with Crippen LogP contribution in [0.25, 0.3) is 6.08 Å². The second-order valence-electron chi connectivity index (χ2n) is 6.40. The number of barbiturate groups is 1. The maximum atomic E-state index is 12.4. The van der Waals surface area contributed by atoms with Gasteiger partial charge in [-0.15, -0.1) is 0 Å². The van der Waals surface area contributed by atoms with Crippen LogP contribution in [0.2, 0.25) is 5.02 Å². The van der Waals surface area contributed by atoms with Crippen LogP contribution in [0.1, 0.15) is 22.5 Å². The van der Waals surface area contributed by atoms with Gasteiger partial charge in [0.2, 0.25) is 0 Å². The Balaban J connectivity index is 2.01. The predicted molar refractivity (Wildman–Crippen MR) is 101 cm³/mol. The third-order valence-corrected chi connectivity index (χ3v) is 5.02. The van der Waals surface area contributed by atoms with Crippen molar-refractivity contribution in [2.75, 3.05) is 14.1 Å². The van der Waals surface area contributed by atoms with Crippen molar-refractivity contribution in [3.63, 3.8) is 0 Å². The van der Waals surface area contributed by atoms with E-state index in [0.29, 0.717) is 22.8 Å². The zero-order valence-corrected chi connectivity index (χ0v) is 16.2. The molecule has 140 valence electrons. The van der Waals surface area contributed by atoms with Crippen LogP contribution in [0.15, 0.2) is 29.8 Å². The zero-order chi connectivity index (χ0) is 19.9. The lowest BCUT2D eigenvalue weighted by Gasteiger charge is -2.28. The van der Waals surface area contributed by atoms with E-state index in [2.05, 4.69) is 5.10 Å². The lowest BCUT2D eigenvalue weighted by Crippen LogP contribution is -2.52. The number of carbonyl (C=O) groups excluding carboxylic acids is 3. The van der Waals surface area contributed by atoms with Gasteiger partial charge < -0.3 is 0 Å². The Labute approximate surface area is 161 Å². The van der Waals surface area contributed by atoms with Crippen LogP contribution in [-0.4, -0.2) is 51.5 Å². The maximum absolute atomic E-state index is 12.4. The molecule has 1 fully saturated rings. The van der Waals surface area contributed by atoms with Crippen LogP contribution in [0.4, 0.5) is 4.79 Å². The molecule has 1 aliphatic rings. The molecule has 3 rings (SSSR count). The number of aryl methyl sites for hydroxylation is 1. The Morgan fingerprint density at radius 2 is 1.63 bits per heavy atom. The van der Waals surface area contributed by atoms with Crippen molar-refractivity contribution in [1.82, 2.24) is 19.6 Å². The topological polar surface area (TPSA) is 75.5 Å². The molecule has 0 aliphatic carbocycles. The van der Waals surface area contributed by atoms with Gasteiger partial charge in [0.25, 0.3) is 11.8 Å². The van der Waals surface area contributed by atoms with Gasteiger partial charge in [0.05, 0.1) is 12.2 Å². The molecule has 0 spiro atoms. The number of halogens is 1. The average molecular weight is 387 g/mol. The molecule has 0 saturated carbocycles. The predicted octanol–water partition coefficient (Wildman–Crippen LogP) is 2.64. The highest BCUT2D eigenvalue weighted by atomic mass is 35.5. The fraction of sp³-hybridized carbons (Fsp3) is 0.263. The number of carbonyl (C=O) groups is 3. The van der Waals surface area contributed by atoms with Gasteiger partial charge in [0.1, 0.15) is 5.57 Å². The minimum Gasteiger partial charge on any atom is -0.268 e. The standard InChI is InChI=1S/C19H19ClN4O3/c1-11-14(9-15-17(25)22(3)19(27)23(4)18(15)26)12(2)24(21-11)10-13-7-5-6-8-16(13)20/h5-9H,10H2,1-4H3. The van der Waals surface area contributed by atoms with E-state index in [0.717, 1.165) is 21.1 Å². The van der Waals surface area contributed by atoms with E-state index in [1.807, 2.05) is 31.2 Å². The van der Waals surface area contributed by atoms with Gasteiger partial charge in [-0.1, -0.05) is 29.8 Å². The van der Waals surface area contributed by atoms with Crippen molar-refractivity contribution in [2.45, 2.75) is 20.4 Å². The fourth-order valence-electron chi connectivity index (χ4n) is 2.98. The molecule has 0 N–H and O–H groups in total. The highest BCUT2D eigenvalue weighted by Crippen LogP contribution is 2.23. The lowest BCUT2D eigenvalue weighted by atomic mass is 10.1. The largest absolute Gasteiger partial charge is 0.333 e. The molecule has 2 heterocycles. The van der Waals surface area contributed by atoms with Crippen molar-refractivity contribution in [3.8, 4) is 0 Å². The van der Waals surface area contributed by atoms with E-state index < -0.39 is 17.8 Å². The molecule has 0 unspecified atom stereocenters. The highest BCUT2D eigenvalue weighted by Gasteiger charge is 2.38.